The van der Waals surface area contributed by atoms with E-state index in [1.807, 2.05) is 116 Å². The van der Waals surface area contributed by atoms with Crippen molar-refractivity contribution in [1.82, 2.24) is 9.80 Å². The Kier molecular flexibility index (Phi) is 31.7. The summed E-state index contributed by atoms with van der Waals surface area (Å²) in [5, 5.41) is 0. The highest BCUT2D eigenvalue weighted by Gasteiger charge is 2.29. The number of likely N-dealkylation sites (tertiary alicyclic amines) is 2. The predicted octanol–water partition coefficient (Wildman–Crippen LogP) is 11.4. The van der Waals surface area contributed by atoms with Crippen molar-refractivity contribution in [3.63, 3.8) is 0 Å². The van der Waals surface area contributed by atoms with Gasteiger partial charge in [-0.3, -0.25) is 9.80 Å². The van der Waals surface area contributed by atoms with Crippen LogP contribution in [0.5, 0.6) is 11.5 Å². The maximum atomic E-state index is 5.30. The van der Waals surface area contributed by atoms with E-state index in [9.17, 15) is 0 Å². The van der Waals surface area contributed by atoms with Crippen LogP contribution in [-0.2, 0) is 0 Å². The van der Waals surface area contributed by atoms with Gasteiger partial charge in [0.15, 0.2) is 11.5 Å². The van der Waals surface area contributed by atoms with Crippen LogP contribution in [-0.4, -0.2) is 59.8 Å². The molecule has 2 atom stereocenters. The molecule has 2 aromatic carbocycles. The standard InChI is InChI=1S/C9H19N.C8H17N.C8H8O2.C6H6.4C2H6/c1-8-6-5-7-10(8)9(2,3)4;1-7(2)9-6-4-5-8(9)3;1-2-4-8-7(3-1)9-5-6-10-8;1-2-4-6-5-3-1;4*1-2/h8H,5-7H2,1-4H3;7-8H,4-6H2,1-3H3;1-4H,5-6H2;1-6H;4*1-2H3. The smallest absolute Gasteiger partial charge is 0.161 e. The van der Waals surface area contributed by atoms with Crippen LogP contribution in [0, 0.1) is 0 Å². The Morgan fingerprint density at radius 2 is 0.977 bits per heavy atom. The highest BCUT2D eigenvalue weighted by Crippen LogP contribution is 2.28. The minimum absolute atomic E-state index is 0.385. The number of hydrogen-bond donors (Lipinski definition) is 0. The summed E-state index contributed by atoms with van der Waals surface area (Å²) < 4.78 is 10.6. The second kappa shape index (κ2) is 30.0. The zero-order chi connectivity index (χ0) is 33.7. The molecule has 3 heterocycles. The Balaban J connectivity index is -0.000000464. The van der Waals surface area contributed by atoms with Gasteiger partial charge in [0.1, 0.15) is 13.2 Å². The first-order chi connectivity index (χ1) is 20.7. The van der Waals surface area contributed by atoms with Gasteiger partial charge in [0, 0.05) is 23.7 Å². The lowest BCUT2D eigenvalue weighted by Gasteiger charge is -2.35. The number of ether oxygens (including phenoxy) is 2. The van der Waals surface area contributed by atoms with E-state index in [2.05, 4.69) is 58.3 Å². The Morgan fingerprint density at radius 1 is 0.605 bits per heavy atom. The molecule has 0 radical (unpaired) electrons. The topological polar surface area (TPSA) is 24.9 Å². The van der Waals surface area contributed by atoms with E-state index >= 15 is 0 Å². The van der Waals surface area contributed by atoms with Crippen molar-refractivity contribution in [2.24, 2.45) is 0 Å². The zero-order valence-electron chi connectivity index (χ0n) is 31.4. The molecule has 2 aromatic rings. The minimum atomic E-state index is 0.385. The molecule has 252 valence electrons. The van der Waals surface area contributed by atoms with E-state index in [1.54, 1.807) is 0 Å². The second-order valence-electron chi connectivity index (χ2n) is 11.0. The van der Waals surface area contributed by atoms with Crippen molar-refractivity contribution < 1.29 is 9.47 Å². The highest BCUT2D eigenvalue weighted by atomic mass is 16.6. The Hall–Kier alpha value is -2.04. The van der Waals surface area contributed by atoms with Gasteiger partial charge in [-0.05, 0) is 99.4 Å². The Labute approximate surface area is 270 Å². The molecule has 2 unspecified atom stereocenters. The second-order valence-corrected chi connectivity index (χ2v) is 11.0. The molecule has 0 saturated carbocycles. The molecule has 3 aliphatic heterocycles. The molecule has 0 aliphatic carbocycles. The van der Waals surface area contributed by atoms with E-state index in [1.165, 1.54) is 38.8 Å². The summed E-state index contributed by atoms with van der Waals surface area (Å²) in [5.41, 5.74) is 0.385. The van der Waals surface area contributed by atoms with Crippen LogP contribution in [0.25, 0.3) is 0 Å². The van der Waals surface area contributed by atoms with Crippen LogP contribution in [0.4, 0.5) is 0 Å². The van der Waals surface area contributed by atoms with Crippen LogP contribution in [0.2, 0.25) is 0 Å². The summed E-state index contributed by atoms with van der Waals surface area (Å²) in [5.74, 6) is 1.71. The van der Waals surface area contributed by atoms with Gasteiger partial charge in [-0.15, -0.1) is 0 Å². The van der Waals surface area contributed by atoms with Crippen LogP contribution < -0.4 is 9.47 Å². The molecular weight excluding hydrogens is 528 g/mol. The maximum Gasteiger partial charge on any atom is 0.161 e. The normalized spacial score (nSPS) is 18.2. The maximum absolute atomic E-state index is 5.30. The first-order valence-electron chi connectivity index (χ1n) is 17.6. The van der Waals surface area contributed by atoms with E-state index in [-0.39, 0.29) is 0 Å². The van der Waals surface area contributed by atoms with Gasteiger partial charge < -0.3 is 9.47 Å². The SMILES string of the molecule is CC.CC.CC.CC.CC(C)N1CCCC1C.CC1CCCN1C(C)(C)C.c1ccc2c(c1)OCCO2.c1ccccc1. The summed E-state index contributed by atoms with van der Waals surface area (Å²) >= 11 is 0. The van der Waals surface area contributed by atoms with Crippen molar-refractivity contribution in [2.45, 2.75) is 153 Å². The molecule has 43 heavy (non-hydrogen) atoms. The average Bonchev–Trinajstić information content (AvgIpc) is 3.71. The molecule has 0 N–H and O–H groups in total. The van der Waals surface area contributed by atoms with Crippen molar-refractivity contribution in [3.8, 4) is 11.5 Å². The van der Waals surface area contributed by atoms with E-state index in [4.69, 9.17) is 9.47 Å². The first kappa shape index (κ1) is 45.4. The van der Waals surface area contributed by atoms with Crippen molar-refractivity contribution in [3.05, 3.63) is 60.7 Å². The lowest BCUT2D eigenvalue weighted by molar-refractivity contribution is 0.130. The fourth-order valence-corrected chi connectivity index (χ4v) is 5.03. The minimum Gasteiger partial charge on any atom is -0.486 e. The van der Waals surface area contributed by atoms with Gasteiger partial charge in [0.25, 0.3) is 0 Å². The number of para-hydroxylation sites is 2. The fourth-order valence-electron chi connectivity index (χ4n) is 5.03. The average molecular weight is 603 g/mol. The Bertz CT molecular complexity index is 753. The lowest BCUT2D eigenvalue weighted by atomic mass is 10.1. The molecule has 3 aliphatic rings. The first-order valence-corrected chi connectivity index (χ1v) is 17.6. The molecule has 0 amide bonds. The third-order valence-corrected chi connectivity index (χ3v) is 6.80. The van der Waals surface area contributed by atoms with Crippen LogP contribution in [0.3, 0.4) is 0 Å². The van der Waals surface area contributed by atoms with Crippen LogP contribution in [0.1, 0.15) is 130 Å². The van der Waals surface area contributed by atoms with Crippen molar-refractivity contribution in [2.75, 3.05) is 26.3 Å². The summed E-state index contributed by atoms with van der Waals surface area (Å²) in [7, 11) is 0. The number of fused-ring (bicyclic) bond motifs is 1. The van der Waals surface area contributed by atoms with Gasteiger partial charge in [0.2, 0.25) is 0 Å². The lowest BCUT2D eigenvalue weighted by Crippen LogP contribution is -2.43. The molecule has 4 nitrogen and oxygen atoms in total. The number of rotatable bonds is 1. The molecule has 2 saturated heterocycles. The monoisotopic (exact) mass is 603 g/mol. The molecule has 2 fully saturated rings. The summed E-state index contributed by atoms with van der Waals surface area (Å²) in [6.45, 7) is 36.1. The summed E-state index contributed by atoms with van der Waals surface area (Å²) in [6.07, 6.45) is 5.58. The predicted molar refractivity (Wildman–Crippen MR) is 195 cm³/mol. The third-order valence-electron chi connectivity index (χ3n) is 6.80. The van der Waals surface area contributed by atoms with Gasteiger partial charge in [0.05, 0.1) is 0 Å². The zero-order valence-corrected chi connectivity index (χ0v) is 31.4. The van der Waals surface area contributed by atoms with Crippen molar-refractivity contribution >= 4 is 0 Å². The number of nitrogens with zero attached hydrogens (tertiary/aromatic N) is 2. The third kappa shape index (κ3) is 21.3. The molecular formula is C39H74N2O2. The summed E-state index contributed by atoms with van der Waals surface area (Å²) in [6, 6.07) is 22.1. The van der Waals surface area contributed by atoms with E-state index in [0.29, 0.717) is 18.8 Å². The molecule has 4 heteroatoms. The fraction of sp³-hybridized carbons (Fsp3) is 0.692. The highest BCUT2D eigenvalue weighted by molar-refractivity contribution is 5.40. The van der Waals surface area contributed by atoms with E-state index < -0.39 is 0 Å². The van der Waals surface area contributed by atoms with Crippen LogP contribution in [0.15, 0.2) is 60.7 Å². The quantitative estimate of drug-likeness (QED) is 0.324. The number of hydrogen-bond acceptors (Lipinski definition) is 4. The molecule has 0 spiro atoms. The van der Waals surface area contributed by atoms with E-state index in [0.717, 1.165) is 29.6 Å². The number of benzene rings is 2. The van der Waals surface area contributed by atoms with Crippen molar-refractivity contribution in [1.29, 1.82) is 0 Å². The summed E-state index contributed by atoms with van der Waals surface area (Å²) in [4.78, 5) is 5.16. The Morgan fingerprint density at radius 3 is 1.21 bits per heavy atom. The van der Waals surface area contributed by atoms with Crippen LogP contribution >= 0.6 is 0 Å². The largest absolute Gasteiger partial charge is 0.486 e. The molecule has 5 rings (SSSR count). The van der Waals surface area contributed by atoms with Gasteiger partial charge in [-0.2, -0.15) is 0 Å². The van der Waals surface area contributed by atoms with Gasteiger partial charge in [-0.1, -0.05) is 104 Å². The van der Waals surface area contributed by atoms with Gasteiger partial charge >= 0.3 is 0 Å². The molecule has 0 aromatic heterocycles. The van der Waals surface area contributed by atoms with Gasteiger partial charge in [-0.25, -0.2) is 0 Å². The molecule has 0 bridgehead atoms.